The highest BCUT2D eigenvalue weighted by Crippen LogP contribution is 2.20. The number of nitrogens with one attached hydrogen (secondary N) is 1. The fraction of sp³-hybridized carbons (Fsp3) is 0.286. The molecule has 0 saturated heterocycles. The molecule has 0 spiro atoms. The molecule has 0 radical (unpaired) electrons. The van der Waals surface area contributed by atoms with Crippen molar-refractivity contribution in [2.45, 2.75) is 18.1 Å². The van der Waals surface area contributed by atoms with Gasteiger partial charge in [-0.3, -0.25) is 9.59 Å². The Hall–Kier alpha value is -1.87. The second-order valence-electron chi connectivity index (χ2n) is 4.83. The van der Waals surface area contributed by atoms with Crippen LogP contribution in [0.2, 0.25) is 0 Å². The molecule has 3 N–H and O–H groups in total. The molecule has 0 aliphatic rings. The number of rotatable bonds is 6. The van der Waals surface area contributed by atoms with E-state index in [0.717, 1.165) is 4.47 Å². The smallest absolute Gasteiger partial charge is 0.253 e. The Morgan fingerprint density at radius 1 is 1.39 bits per heavy atom. The predicted molar refractivity (Wildman–Crippen MR) is 90.9 cm³/mol. The summed E-state index contributed by atoms with van der Waals surface area (Å²) in [6.45, 7) is 1.82. The minimum absolute atomic E-state index is 0.129. The van der Waals surface area contributed by atoms with Crippen molar-refractivity contribution in [3.63, 3.8) is 0 Å². The van der Waals surface area contributed by atoms with Gasteiger partial charge in [0.2, 0.25) is 5.91 Å². The molecule has 0 saturated carbocycles. The number of nitrogens with two attached hydrogens (primary N) is 1. The SMILES string of the molecule is C[C@@H](NC(=O)c1ccccc1Br)c1nnc(SCC(N)=O)n1C. The standard InChI is InChI=1S/C14H16BrN5O2S/c1-8(17-13(22)9-5-3-4-6-10(9)15)12-18-19-14(20(12)2)23-7-11(16)21/h3-6,8H,7H2,1-2H3,(H2,16,21)(H,17,22)/t8-/m1/s1. The number of primary amides is 1. The van der Waals surface area contributed by atoms with Crippen LogP contribution in [0.1, 0.15) is 29.1 Å². The van der Waals surface area contributed by atoms with Gasteiger partial charge >= 0.3 is 0 Å². The lowest BCUT2D eigenvalue weighted by Gasteiger charge is -2.14. The summed E-state index contributed by atoms with van der Waals surface area (Å²) in [5, 5.41) is 11.5. The van der Waals surface area contributed by atoms with Crippen LogP contribution in [0.15, 0.2) is 33.9 Å². The molecular formula is C14H16BrN5O2S. The third kappa shape index (κ3) is 4.32. The zero-order valence-electron chi connectivity index (χ0n) is 12.6. The number of hydrogen-bond donors (Lipinski definition) is 2. The van der Waals surface area contributed by atoms with E-state index in [4.69, 9.17) is 5.73 Å². The number of aromatic nitrogens is 3. The van der Waals surface area contributed by atoms with Crippen LogP contribution in [-0.4, -0.2) is 32.3 Å². The maximum absolute atomic E-state index is 12.3. The number of thioether (sulfide) groups is 1. The summed E-state index contributed by atoms with van der Waals surface area (Å²) in [5.74, 6) is 0.0930. The Morgan fingerprint density at radius 3 is 2.74 bits per heavy atom. The first kappa shape index (κ1) is 17.5. The summed E-state index contributed by atoms with van der Waals surface area (Å²) in [4.78, 5) is 23.2. The van der Waals surface area contributed by atoms with Gasteiger partial charge in [0.1, 0.15) is 0 Å². The summed E-state index contributed by atoms with van der Waals surface area (Å²) in [6, 6.07) is 6.84. The third-order valence-electron chi connectivity index (χ3n) is 3.07. The largest absolute Gasteiger partial charge is 0.369 e. The van der Waals surface area contributed by atoms with E-state index in [9.17, 15) is 9.59 Å². The number of amides is 2. The van der Waals surface area contributed by atoms with Crippen molar-refractivity contribution in [1.29, 1.82) is 0 Å². The van der Waals surface area contributed by atoms with E-state index in [0.29, 0.717) is 16.5 Å². The molecule has 0 aliphatic heterocycles. The molecular weight excluding hydrogens is 382 g/mol. The van der Waals surface area contributed by atoms with Gasteiger partial charge in [-0.05, 0) is 35.0 Å². The van der Waals surface area contributed by atoms with Gasteiger partial charge in [-0.15, -0.1) is 10.2 Å². The van der Waals surface area contributed by atoms with E-state index >= 15 is 0 Å². The maximum atomic E-state index is 12.3. The van der Waals surface area contributed by atoms with Crippen LogP contribution in [0.25, 0.3) is 0 Å². The average Bonchev–Trinajstić information content (AvgIpc) is 2.86. The van der Waals surface area contributed by atoms with Gasteiger partial charge in [0.15, 0.2) is 11.0 Å². The Labute approximate surface area is 146 Å². The molecule has 1 aromatic heterocycles. The van der Waals surface area contributed by atoms with Crippen molar-refractivity contribution in [3.8, 4) is 0 Å². The Kier molecular flexibility index (Phi) is 5.78. The number of nitrogens with zero attached hydrogens (tertiary/aromatic N) is 3. The molecule has 23 heavy (non-hydrogen) atoms. The van der Waals surface area contributed by atoms with Crippen molar-refractivity contribution in [2.24, 2.45) is 12.8 Å². The maximum Gasteiger partial charge on any atom is 0.253 e. The molecule has 0 fully saturated rings. The molecule has 122 valence electrons. The minimum Gasteiger partial charge on any atom is -0.369 e. The number of hydrogen-bond acceptors (Lipinski definition) is 5. The predicted octanol–water partition coefficient (Wildman–Crippen LogP) is 1.65. The Morgan fingerprint density at radius 2 is 2.09 bits per heavy atom. The van der Waals surface area contributed by atoms with Gasteiger partial charge in [-0.1, -0.05) is 23.9 Å². The first-order valence-corrected chi connectivity index (χ1v) is 8.53. The van der Waals surface area contributed by atoms with Crippen LogP contribution >= 0.6 is 27.7 Å². The van der Waals surface area contributed by atoms with Crippen molar-refractivity contribution < 1.29 is 9.59 Å². The lowest BCUT2D eigenvalue weighted by Crippen LogP contribution is -2.28. The molecule has 1 atom stereocenters. The van der Waals surface area contributed by atoms with Crippen molar-refractivity contribution in [2.75, 3.05) is 5.75 Å². The van der Waals surface area contributed by atoms with E-state index < -0.39 is 5.91 Å². The normalized spacial score (nSPS) is 12.0. The summed E-state index contributed by atoms with van der Waals surface area (Å²) >= 11 is 4.56. The number of halogens is 1. The molecule has 0 unspecified atom stereocenters. The van der Waals surface area contributed by atoms with Gasteiger partial charge in [0.05, 0.1) is 17.4 Å². The number of benzene rings is 1. The summed E-state index contributed by atoms with van der Waals surface area (Å²) < 4.78 is 2.46. The van der Waals surface area contributed by atoms with Crippen molar-refractivity contribution >= 4 is 39.5 Å². The molecule has 2 aromatic rings. The highest BCUT2D eigenvalue weighted by atomic mass is 79.9. The monoisotopic (exact) mass is 397 g/mol. The summed E-state index contributed by atoms with van der Waals surface area (Å²) in [6.07, 6.45) is 0. The van der Waals surface area contributed by atoms with Crippen LogP contribution < -0.4 is 11.1 Å². The fourth-order valence-corrected chi connectivity index (χ4v) is 3.07. The molecule has 2 amide bonds. The number of carbonyl (C=O) groups is 2. The van der Waals surface area contributed by atoms with Gasteiger partial charge in [0.25, 0.3) is 5.91 Å². The van der Waals surface area contributed by atoms with Crippen LogP contribution in [0.5, 0.6) is 0 Å². The van der Waals surface area contributed by atoms with E-state index in [-0.39, 0.29) is 17.7 Å². The fourth-order valence-electron chi connectivity index (χ4n) is 1.95. The lowest BCUT2D eigenvalue weighted by molar-refractivity contribution is -0.115. The third-order valence-corrected chi connectivity index (χ3v) is 4.80. The molecule has 1 aromatic carbocycles. The van der Waals surface area contributed by atoms with Crippen LogP contribution in [-0.2, 0) is 11.8 Å². The van der Waals surface area contributed by atoms with Gasteiger partial charge in [-0.25, -0.2) is 0 Å². The highest BCUT2D eigenvalue weighted by Gasteiger charge is 2.19. The molecule has 7 nitrogen and oxygen atoms in total. The first-order chi connectivity index (χ1) is 10.9. The van der Waals surface area contributed by atoms with Crippen LogP contribution in [0.3, 0.4) is 0 Å². The van der Waals surface area contributed by atoms with E-state index in [1.54, 1.807) is 29.8 Å². The zero-order valence-corrected chi connectivity index (χ0v) is 15.0. The number of carbonyl (C=O) groups excluding carboxylic acids is 2. The molecule has 0 bridgehead atoms. The second kappa shape index (κ2) is 7.60. The average molecular weight is 398 g/mol. The van der Waals surface area contributed by atoms with Crippen molar-refractivity contribution in [1.82, 2.24) is 20.1 Å². The molecule has 0 aliphatic carbocycles. The van der Waals surface area contributed by atoms with Crippen molar-refractivity contribution in [3.05, 3.63) is 40.1 Å². The van der Waals surface area contributed by atoms with Gasteiger partial charge in [-0.2, -0.15) is 0 Å². The Balaban J connectivity index is 2.09. The van der Waals surface area contributed by atoms with E-state index in [1.807, 2.05) is 13.0 Å². The molecule has 2 rings (SSSR count). The van der Waals surface area contributed by atoms with Gasteiger partial charge < -0.3 is 15.6 Å². The Bertz CT molecular complexity index is 734. The lowest BCUT2D eigenvalue weighted by atomic mass is 10.2. The second-order valence-corrected chi connectivity index (χ2v) is 6.63. The molecule has 1 heterocycles. The topological polar surface area (TPSA) is 103 Å². The van der Waals surface area contributed by atoms with Gasteiger partial charge in [0, 0.05) is 11.5 Å². The quantitative estimate of drug-likeness (QED) is 0.721. The first-order valence-electron chi connectivity index (χ1n) is 6.76. The van der Waals surface area contributed by atoms with Crippen LogP contribution in [0.4, 0.5) is 0 Å². The molecule has 9 heteroatoms. The van der Waals surface area contributed by atoms with E-state index in [1.165, 1.54) is 11.8 Å². The zero-order chi connectivity index (χ0) is 17.0. The van der Waals surface area contributed by atoms with Crippen LogP contribution in [0, 0.1) is 0 Å². The summed E-state index contributed by atoms with van der Waals surface area (Å²) in [5.41, 5.74) is 5.67. The van der Waals surface area contributed by atoms with E-state index in [2.05, 4.69) is 31.4 Å². The minimum atomic E-state index is -0.421. The summed E-state index contributed by atoms with van der Waals surface area (Å²) in [7, 11) is 1.78. The highest BCUT2D eigenvalue weighted by molar-refractivity contribution is 9.10.